The van der Waals surface area contributed by atoms with Crippen molar-refractivity contribution in [1.29, 1.82) is 0 Å². The van der Waals surface area contributed by atoms with Gasteiger partial charge in [0.25, 0.3) is 0 Å². The number of aromatic carboxylic acids is 1. The molecule has 0 saturated heterocycles. The summed E-state index contributed by atoms with van der Waals surface area (Å²) in [6.07, 6.45) is 2.82. The molecule has 0 heterocycles. The van der Waals surface area contributed by atoms with Gasteiger partial charge in [0.2, 0.25) is 0 Å². The molecular weight excluding hydrogens is 316 g/mol. The summed E-state index contributed by atoms with van der Waals surface area (Å²) in [4.78, 5) is 22.5. The molecule has 5 nitrogen and oxygen atoms in total. The van der Waals surface area contributed by atoms with Gasteiger partial charge in [-0.05, 0) is 43.9 Å². The van der Waals surface area contributed by atoms with E-state index in [1.54, 1.807) is 19.9 Å². The summed E-state index contributed by atoms with van der Waals surface area (Å²) < 4.78 is 11.1. The van der Waals surface area contributed by atoms with Crippen LogP contribution in [0.2, 0.25) is 0 Å². The molecule has 0 spiro atoms. The maximum absolute atomic E-state index is 11.7. The number of carboxylic acids is 1. The number of thiol groups is 1. The number of rotatable bonds is 8. The fourth-order valence-corrected chi connectivity index (χ4v) is 2.44. The number of ether oxygens (including phenoxy) is 2. The minimum absolute atomic E-state index is 0.122. The molecule has 1 rings (SSSR count). The zero-order valence-electron chi connectivity index (χ0n) is 13.8. The molecule has 1 aromatic rings. The van der Waals surface area contributed by atoms with Gasteiger partial charge in [0.05, 0.1) is 13.7 Å². The zero-order valence-corrected chi connectivity index (χ0v) is 14.7. The number of methoxy groups -OCH3 is 1. The van der Waals surface area contributed by atoms with Crippen LogP contribution in [0, 0.1) is 13.8 Å². The molecule has 0 bridgehead atoms. The van der Waals surface area contributed by atoms with Crippen LogP contribution in [0.1, 0.15) is 34.0 Å². The summed E-state index contributed by atoms with van der Waals surface area (Å²) >= 11 is 4.10. The number of carboxylic acid groups (broad SMARTS) is 1. The number of carbonyl (C=O) groups is 2. The molecule has 0 fully saturated rings. The smallest absolute Gasteiger partial charge is 0.339 e. The van der Waals surface area contributed by atoms with Gasteiger partial charge < -0.3 is 14.6 Å². The van der Waals surface area contributed by atoms with Crippen LogP contribution in [0.15, 0.2) is 11.6 Å². The Morgan fingerprint density at radius 2 is 1.91 bits per heavy atom. The molecule has 0 aromatic heterocycles. The van der Waals surface area contributed by atoms with Gasteiger partial charge in [-0.2, -0.15) is 12.6 Å². The first-order chi connectivity index (χ1) is 10.9. The van der Waals surface area contributed by atoms with Gasteiger partial charge in [-0.15, -0.1) is 0 Å². The highest BCUT2D eigenvalue weighted by Crippen LogP contribution is 2.39. The SMILES string of the molecule is COc1c(C)c(C)c(C(=O)O)c(OCCS)c1C/C=C(\C)C=O. The van der Waals surface area contributed by atoms with Crippen molar-refractivity contribution in [2.45, 2.75) is 27.2 Å². The molecule has 0 radical (unpaired) electrons. The Balaban J connectivity index is 3.64. The number of hydrogen-bond acceptors (Lipinski definition) is 5. The molecular formula is C17H22O5S. The van der Waals surface area contributed by atoms with Crippen molar-refractivity contribution in [2.24, 2.45) is 0 Å². The van der Waals surface area contributed by atoms with E-state index in [4.69, 9.17) is 9.47 Å². The largest absolute Gasteiger partial charge is 0.496 e. The van der Waals surface area contributed by atoms with Crippen molar-refractivity contribution >= 4 is 24.9 Å². The Labute approximate surface area is 141 Å². The lowest BCUT2D eigenvalue weighted by Crippen LogP contribution is -2.12. The van der Waals surface area contributed by atoms with Crippen molar-refractivity contribution in [3.05, 3.63) is 33.9 Å². The summed E-state index contributed by atoms with van der Waals surface area (Å²) in [6.45, 7) is 5.50. The van der Waals surface area contributed by atoms with E-state index in [9.17, 15) is 14.7 Å². The zero-order chi connectivity index (χ0) is 17.6. The third-order valence-corrected chi connectivity index (χ3v) is 3.81. The molecule has 0 amide bonds. The Morgan fingerprint density at radius 1 is 1.26 bits per heavy atom. The molecule has 0 saturated carbocycles. The highest BCUT2D eigenvalue weighted by atomic mass is 32.1. The second-order valence-corrected chi connectivity index (χ2v) is 5.56. The highest BCUT2D eigenvalue weighted by Gasteiger charge is 2.25. The molecule has 0 aliphatic heterocycles. The van der Waals surface area contributed by atoms with Crippen molar-refractivity contribution < 1.29 is 24.2 Å². The van der Waals surface area contributed by atoms with Crippen LogP contribution in [0.25, 0.3) is 0 Å². The average molecular weight is 338 g/mol. The fourth-order valence-electron chi connectivity index (χ4n) is 2.35. The van der Waals surface area contributed by atoms with Crippen LogP contribution in [0.5, 0.6) is 11.5 Å². The third-order valence-electron chi connectivity index (χ3n) is 3.62. The first-order valence-corrected chi connectivity index (χ1v) is 7.81. The Bertz CT molecular complexity index is 635. The average Bonchev–Trinajstić information content (AvgIpc) is 2.53. The second kappa shape index (κ2) is 8.62. The van der Waals surface area contributed by atoms with E-state index in [-0.39, 0.29) is 17.9 Å². The van der Waals surface area contributed by atoms with E-state index in [1.807, 2.05) is 6.92 Å². The van der Waals surface area contributed by atoms with Crippen LogP contribution >= 0.6 is 12.6 Å². The second-order valence-electron chi connectivity index (χ2n) is 5.11. The predicted molar refractivity (Wildman–Crippen MR) is 92.3 cm³/mol. The van der Waals surface area contributed by atoms with Crippen LogP contribution < -0.4 is 9.47 Å². The molecule has 0 aliphatic carbocycles. The number of benzene rings is 1. The van der Waals surface area contributed by atoms with E-state index in [2.05, 4.69) is 12.6 Å². The van der Waals surface area contributed by atoms with Crippen LogP contribution in [-0.4, -0.2) is 36.8 Å². The van der Waals surface area contributed by atoms with Crippen molar-refractivity contribution in [3.8, 4) is 11.5 Å². The first kappa shape index (κ1) is 19.1. The predicted octanol–water partition coefficient (Wildman–Crippen LogP) is 3.01. The molecule has 0 aliphatic rings. The quantitative estimate of drug-likeness (QED) is 0.433. The van der Waals surface area contributed by atoms with Gasteiger partial charge in [0, 0.05) is 11.3 Å². The third kappa shape index (κ3) is 4.28. The maximum Gasteiger partial charge on any atom is 0.339 e. The molecule has 0 unspecified atom stereocenters. The minimum atomic E-state index is -1.06. The minimum Gasteiger partial charge on any atom is -0.496 e. The molecule has 1 N–H and O–H groups in total. The van der Waals surface area contributed by atoms with Crippen LogP contribution in [-0.2, 0) is 11.2 Å². The van der Waals surface area contributed by atoms with Crippen molar-refractivity contribution in [1.82, 2.24) is 0 Å². The Morgan fingerprint density at radius 3 is 2.39 bits per heavy atom. The normalized spacial score (nSPS) is 11.3. The number of hydrogen-bond donors (Lipinski definition) is 2. The fraction of sp³-hybridized carbons (Fsp3) is 0.412. The summed E-state index contributed by atoms with van der Waals surface area (Å²) in [6, 6.07) is 0. The topological polar surface area (TPSA) is 72.8 Å². The van der Waals surface area contributed by atoms with Crippen molar-refractivity contribution in [2.75, 3.05) is 19.5 Å². The summed E-state index contributed by atoms with van der Waals surface area (Å²) in [5, 5.41) is 9.57. The van der Waals surface area contributed by atoms with E-state index in [0.717, 1.165) is 11.8 Å². The lowest BCUT2D eigenvalue weighted by Gasteiger charge is -2.21. The Hall–Kier alpha value is -1.95. The van der Waals surface area contributed by atoms with Gasteiger partial charge in [0.1, 0.15) is 23.3 Å². The lowest BCUT2D eigenvalue weighted by atomic mass is 9.94. The van der Waals surface area contributed by atoms with Gasteiger partial charge in [0.15, 0.2) is 0 Å². The maximum atomic E-state index is 11.7. The highest BCUT2D eigenvalue weighted by molar-refractivity contribution is 7.80. The molecule has 126 valence electrons. The lowest BCUT2D eigenvalue weighted by molar-refractivity contribution is -0.104. The van der Waals surface area contributed by atoms with Crippen LogP contribution in [0.4, 0.5) is 0 Å². The standard InChI is InChI=1S/C17H22O5S/c1-10(9-18)5-6-13-15(21-4)12(3)11(2)14(17(19)20)16(13)22-7-8-23/h5,9,23H,6-8H2,1-4H3,(H,19,20)/b10-5+. The number of allylic oxidation sites excluding steroid dienone is 2. The van der Waals surface area contributed by atoms with Crippen LogP contribution in [0.3, 0.4) is 0 Å². The molecule has 0 atom stereocenters. The monoisotopic (exact) mass is 338 g/mol. The van der Waals surface area contributed by atoms with Gasteiger partial charge in [-0.3, -0.25) is 4.79 Å². The molecule has 1 aromatic carbocycles. The number of carbonyl (C=O) groups excluding carboxylic acids is 1. The Kier molecular flexibility index (Phi) is 7.16. The first-order valence-electron chi connectivity index (χ1n) is 7.17. The summed E-state index contributed by atoms with van der Waals surface area (Å²) in [5.41, 5.74) is 2.65. The van der Waals surface area contributed by atoms with E-state index in [0.29, 0.717) is 34.6 Å². The molecule has 23 heavy (non-hydrogen) atoms. The van der Waals surface area contributed by atoms with E-state index < -0.39 is 5.97 Å². The summed E-state index contributed by atoms with van der Waals surface area (Å²) in [7, 11) is 1.53. The van der Waals surface area contributed by atoms with E-state index >= 15 is 0 Å². The molecule has 6 heteroatoms. The van der Waals surface area contributed by atoms with Gasteiger partial charge >= 0.3 is 5.97 Å². The van der Waals surface area contributed by atoms with Gasteiger partial charge in [-0.25, -0.2) is 4.79 Å². The number of aldehydes is 1. The van der Waals surface area contributed by atoms with Crippen molar-refractivity contribution in [3.63, 3.8) is 0 Å². The van der Waals surface area contributed by atoms with Gasteiger partial charge in [-0.1, -0.05) is 6.08 Å². The summed E-state index contributed by atoms with van der Waals surface area (Å²) in [5.74, 6) is 0.259. The van der Waals surface area contributed by atoms with E-state index in [1.165, 1.54) is 7.11 Å².